The largest absolute Gasteiger partial charge is 0.345 e. The number of likely N-dealkylation sites (N-methyl/N-ethyl adjacent to an activating group) is 1. The molecule has 1 aromatic heterocycles. The highest BCUT2D eigenvalue weighted by Gasteiger charge is 2.21. The summed E-state index contributed by atoms with van der Waals surface area (Å²) in [6, 6.07) is 14.4. The van der Waals surface area contributed by atoms with Crippen LogP contribution >= 0.6 is 0 Å². The summed E-state index contributed by atoms with van der Waals surface area (Å²) in [6.45, 7) is 4.05. The second-order valence-corrected chi connectivity index (χ2v) is 6.64. The Labute approximate surface area is 151 Å². The highest BCUT2D eigenvalue weighted by Crippen LogP contribution is 2.28. The standard InChI is InChI=1S/C19H19N5O2/c1-22-10-12-23(13-11-22)19-16-4-2-3-5-17(16)20-18(21-19)14-6-8-15(9-7-14)24(25)26/h2-9H,10-13H2,1H3/p+1. The lowest BCUT2D eigenvalue weighted by Gasteiger charge is -2.31. The van der Waals surface area contributed by atoms with Crippen molar-refractivity contribution in [3.8, 4) is 11.4 Å². The van der Waals surface area contributed by atoms with Crippen LogP contribution in [0.25, 0.3) is 22.3 Å². The number of nitrogens with zero attached hydrogens (tertiary/aromatic N) is 4. The fourth-order valence-corrected chi connectivity index (χ4v) is 3.26. The molecule has 0 bridgehead atoms. The highest BCUT2D eigenvalue weighted by atomic mass is 16.6. The van der Waals surface area contributed by atoms with Crippen LogP contribution in [0.1, 0.15) is 0 Å². The Hall–Kier alpha value is -3.06. The molecular weight excluding hydrogens is 330 g/mol. The normalized spacial score (nSPS) is 15.3. The predicted molar refractivity (Wildman–Crippen MR) is 100 cm³/mol. The van der Waals surface area contributed by atoms with Gasteiger partial charge in [0.05, 0.1) is 43.7 Å². The second kappa shape index (κ2) is 6.68. The van der Waals surface area contributed by atoms with E-state index in [2.05, 4.69) is 23.0 Å². The lowest BCUT2D eigenvalue weighted by Crippen LogP contribution is -3.12. The van der Waals surface area contributed by atoms with Gasteiger partial charge in [0.25, 0.3) is 5.69 Å². The van der Waals surface area contributed by atoms with Crippen molar-refractivity contribution in [2.45, 2.75) is 0 Å². The lowest BCUT2D eigenvalue weighted by atomic mass is 10.1. The van der Waals surface area contributed by atoms with Gasteiger partial charge >= 0.3 is 0 Å². The number of nitro groups is 1. The summed E-state index contributed by atoms with van der Waals surface area (Å²) in [4.78, 5) is 23.8. The maximum Gasteiger partial charge on any atom is 0.269 e. The van der Waals surface area contributed by atoms with Crippen LogP contribution in [0.5, 0.6) is 0 Å². The Bertz CT molecular complexity index is 950. The van der Waals surface area contributed by atoms with E-state index in [0.29, 0.717) is 5.82 Å². The minimum atomic E-state index is -0.400. The lowest BCUT2D eigenvalue weighted by molar-refractivity contribution is -0.880. The highest BCUT2D eigenvalue weighted by molar-refractivity contribution is 5.91. The number of hydrogen-bond donors (Lipinski definition) is 1. The number of fused-ring (bicyclic) bond motifs is 1. The average molecular weight is 350 g/mol. The molecule has 0 aliphatic carbocycles. The van der Waals surface area contributed by atoms with E-state index < -0.39 is 4.92 Å². The second-order valence-electron chi connectivity index (χ2n) is 6.64. The molecule has 1 saturated heterocycles. The molecule has 132 valence electrons. The van der Waals surface area contributed by atoms with Crippen molar-refractivity contribution in [1.29, 1.82) is 0 Å². The number of quaternary nitrogens is 1. The van der Waals surface area contributed by atoms with Gasteiger partial charge in [0, 0.05) is 23.1 Å². The number of benzene rings is 2. The summed E-state index contributed by atoms with van der Waals surface area (Å²) in [6.07, 6.45) is 0. The van der Waals surface area contributed by atoms with Crippen molar-refractivity contribution in [2.75, 3.05) is 38.1 Å². The van der Waals surface area contributed by atoms with Gasteiger partial charge in [-0.25, -0.2) is 9.97 Å². The van der Waals surface area contributed by atoms with Gasteiger partial charge in [-0.05, 0) is 24.3 Å². The Morgan fingerprint density at radius 1 is 1.04 bits per heavy atom. The van der Waals surface area contributed by atoms with Crippen LogP contribution in [0.3, 0.4) is 0 Å². The Morgan fingerprint density at radius 2 is 1.73 bits per heavy atom. The van der Waals surface area contributed by atoms with Gasteiger partial charge in [0.15, 0.2) is 5.82 Å². The number of non-ortho nitro benzene ring substituents is 1. The van der Waals surface area contributed by atoms with E-state index >= 15 is 0 Å². The SMILES string of the molecule is C[NH+]1CCN(c2nc(-c3ccc([N+](=O)[O-])cc3)nc3ccccc23)CC1. The molecule has 3 aromatic rings. The molecule has 4 rings (SSSR count). The van der Waals surface area contributed by atoms with Crippen LogP contribution in [-0.2, 0) is 0 Å². The average Bonchev–Trinajstić information content (AvgIpc) is 2.68. The molecular formula is C19H20N5O2+. The van der Waals surface area contributed by atoms with Gasteiger partial charge in [0.1, 0.15) is 5.82 Å². The maximum absolute atomic E-state index is 10.9. The van der Waals surface area contributed by atoms with Gasteiger partial charge < -0.3 is 9.80 Å². The zero-order valence-corrected chi connectivity index (χ0v) is 14.6. The number of anilines is 1. The number of nitrogens with one attached hydrogen (secondary N) is 1. The first-order valence-electron chi connectivity index (χ1n) is 8.70. The minimum Gasteiger partial charge on any atom is -0.345 e. The van der Waals surface area contributed by atoms with Crippen molar-refractivity contribution in [2.24, 2.45) is 0 Å². The first-order chi connectivity index (χ1) is 12.6. The molecule has 26 heavy (non-hydrogen) atoms. The molecule has 0 spiro atoms. The summed E-state index contributed by atoms with van der Waals surface area (Å²) in [5.74, 6) is 1.54. The van der Waals surface area contributed by atoms with Crippen molar-refractivity contribution < 1.29 is 9.82 Å². The molecule has 1 aliphatic rings. The topological polar surface area (TPSA) is 76.6 Å². The summed E-state index contributed by atoms with van der Waals surface area (Å²) >= 11 is 0. The van der Waals surface area contributed by atoms with E-state index in [1.807, 2.05) is 18.2 Å². The van der Waals surface area contributed by atoms with Crippen LogP contribution in [-0.4, -0.2) is 48.1 Å². The number of para-hydroxylation sites is 1. The molecule has 7 heteroatoms. The summed E-state index contributed by atoms with van der Waals surface area (Å²) in [5, 5.41) is 11.9. The van der Waals surface area contributed by atoms with E-state index in [1.165, 1.54) is 17.0 Å². The molecule has 1 aliphatic heterocycles. The van der Waals surface area contributed by atoms with Gasteiger partial charge in [-0.3, -0.25) is 10.1 Å². The smallest absolute Gasteiger partial charge is 0.269 e. The molecule has 0 radical (unpaired) electrons. The number of piperazine rings is 1. The molecule has 1 fully saturated rings. The Kier molecular flexibility index (Phi) is 4.22. The third-order valence-electron chi connectivity index (χ3n) is 4.84. The summed E-state index contributed by atoms with van der Waals surface area (Å²) in [5.41, 5.74) is 1.73. The molecule has 2 aromatic carbocycles. The molecule has 0 unspecified atom stereocenters. The zero-order chi connectivity index (χ0) is 18.1. The van der Waals surface area contributed by atoms with Crippen LogP contribution in [0, 0.1) is 10.1 Å². The number of rotatable bonds is 3. The fourth-order valence-electron chi connectivity index (χ4n) is 3.26. The number of nitro benzene ring substituents is 1. The van der Waals surface area contributed by atoms with Gasteiger partial charge in [-0.1, -0.05) is 12.1 Å². The quantitative estimate of drug-likeness (QED) is 0.573. The van der Waals surface area contributed by atoms with Crippen LogP contribution in [0.4, 0.5) is 11.5 Å². The van der Waals surface area contributed by atoms with Gasteiger partial charge in [-0.2, -0.15) is 0 Å². The third-order valence-corrected chi connectivity index (χ3v) is 4.84. The van der Waals surface area contributed by atoms with Crippen molar-refractivity contribution in [3.05, 3.63) is 58.6 Å². The third kappa shape index (κ3) is 3.09. The van der Waals surface area contributed by atoms with E-state index in [9.17, 15) is 10.1 Å². The van der Waals surface area contributed by atoms with Crippen LogP contribution in [0.2, 0.25) is 0 Å². The molecule has 2 heterocycles. The first kappa shape index (κ1) is 16.4. The fraction of sp³-hybridized carbons (Fsp3) is 0.263. The molecule has 7 nitrogen and oxygen atoms in total. The van der Waals surface area contributed by atoms with Crippen molar-refractivity contribution in [3.63, 3.8) is 0 Å². The minimum absolute atomic E-state index is 0.0665. The Balaban J connectivity index is 1.79. The Morgan fingerprint density at radius 3 is 2.42 bits per heavy atom. The predicted octanol–water partition coefficient (Wildman–Crippen LogP) is 1.54. The monoisotopic (exact) mass is 350 g/mol. The van der Waals surface area contributed by atoms with E-state index in [1.54, 1.807) is 12.1 Å². The van der Waals surface area contributed by atoms with E-state index in [0.717, 1.165) is 48.5 Å². The number of hydrogen-bond acceptors (Lipinski definition) is 5. The number of aromatic nitrogens is 2. The van der Waals surface area contributed by atoms with Crippen LogP contribution in [0.15, 0.2) is 48.5 Å². The van der Waals surface area contributed by atoms with E-state index in [4.69, 9.17) is 4.98 Å². The molecule has 1 N–H and O–H groups in total. The van der Waals surface area contributed by atoms with Gasteiger partial charge in [-0.15, -0.1) is 0 Å². The van der Waals surface area contributed by atoms with E-state index in [-0.39, 0.29) is 5.69 Å². The summed E-state index contributed by atoms with van der Waals surface area (Å²) < 4.78 is 0. The molecule has 0 atom stereocenters. The van der Waals surface area contributed by atoms with Crippen LogP contribution < -0.4 is 9.80 Å². The molecule has 0 amide bonds. The van der Waals surface area contributed by atoms with Crippen molar-refractivity contribution in [1.82, 2.24) is 9.97 Å². The van der Waals surface area contributed by atoms with Crippen molar-refractivity contribution >= 4 is 22.4 Å². The summed E-state index contributed by atoms with van der Waals surface area (Å²) in [7, 11) is 2.21. The maximum atomic E-state index is 10.9. The van der Waals surface area contributed by atoms with Gasteiger partial charge in [0.2, 0.25) is 0 Å². The first-order valence-corrected chi connectivity index (χ1v) is 8.70. The molecule has 0 saturated carbocycles. The zero-order valence-electron chi connectivity index (χ0n) is 14.6.